The molecule has 0 aromatic carbocycles. The first-order chi connectivity index (χ1) is 8.56. The first kappa shape index (κ1) is 12.4. The molecule has 1 aromatic rings. The molecule has 96 valence electrons. The van der Waals surface area contributed by atoms with Crippen molar-refractivity contribution in [2.45, 2.75) is 6.54 Å². The van der Waals surface area contributed by atoms with Crippen LogP contribution in [0.1, 0.15) is 5.56 Å². The van der Waals surface area contributed by atoms with Crippen LogP contribution in [-0.4, -0.2) is 39.1 Å². The number of guanidine groups is 1. The number of nitrogens with zero attached hydrogens (tertiary/aromatic N) is 4. The lowest BCUT2D eigenvalue weighted by Gasteiger charge is -2.17. The quantitative estimate of drug-likeness (QED) is 0.468. The van der Waals surface area contributed by atoms with E-state index in [0.717, 1.165) is 0 Å². The van der Waals surface area contributed by atoms with Crippen LogP contribution in [0.25, 0.3) is 0 Å². The molecule has 1 aliphatic heterocycles. The summed E-state index contributed by atoms with van der Waals surface area (Å²) in [6.07, 6.45) is 1.50. The maximum absolute atomic E-state index is 10.4. The lowest BCUT2D eigenvalue weighted by Crippen LogP contribution is -2.40. The van der Waals surface area contributed by atoms with Gasteiger partial charge in [0, 0.05) is 19.3 Å². The first-order valence-corrected chi connectivity index (χ1v) is 5.48. The average Bonchev–Trinajstić information content (AvgIpc) is 2.70. The van der Waals surface area contributed by atoms with Gasteiger partial charge in [0.2, 0.25) is 0 Å². The van der Waals surface area contributed by atoms with Gasteiger partial charge in [-0.3, -0.25) is 0 Å². The third kappa shape index (κ3) is 2.77. The van der Waals surface area contributed by atoms with Crippen LogP contribution in [0, 0.1) is 10.1 Å². The zero-order valence-corrected chi connectivity index (χ0v) is 9.96. The fourth-order valence-electron chi connectivity index (χ4n) is 1.61. The van der Waals surface area contributed by atoms with Gasteiger partial charge in [-0.15, -0.1) is 0 Å². The van der Waals surface area contributed by atoms with Crippen LogP contribution in [0.3, 0.4) is 0 Å². The molecule has 8 nitrogen and oxygen atoms in total. The summed E-state index contributed by atoms with van der Waals surface area (Å²) >= 11 is 5.59. The van der Waals surface area contributed by atoms with E-state index < -0.39 is 5.03 Å². The van der Waals surface area contributed by atoms with Crippen LogP contribution in [0.4, 0.5) is 0 Å². The van der Waals surface area contributed by atoms with Crippen molar-refractivity contribution in [2.75, 3.05) is 13.1 Å². The second-order valence-corrected chi connectivity index (χ2v) is 4.01. The molecule has 0 saturated carbocycles. The second-order valence-electron chi connectivity index (χ2n) is 3.65. The van der Waals surface area contributed by atoms with E-state index in [1.54, 1.807) is 4.90 Å². The lowest BCUT2D eigenvalue weighted by molar-refractivity contribution is -0.526. The van der Waals surface area contributed by atoms with Crippen molar-refractivity contribution in [3.8, 4) is 5.75 Å². The first-order valence-electron chi connectivity index (χ1n) is 5.10. The standard InChI is InChI=1S/C9H10ClN5O3/c10-8-7(16)3-6(4-12-8)5-14-2-1-11-9(14)13-15(17)18/h3-4,16H,1-2,5H2,(H,11,13). The minimum atomic E-state index is -0.658. The summed E-state index contributed by atoms with van der Waals surface area (Å²) in [6.45, 7) is 1.42. The lowest BCUT2D eigenvalue weighted by atomic mass is 10.2. The summed E-state index contributed by atoms with van der Waals surface area (Å²) in [4.78, 5) is 19.8. The molecule has 18 heavy (non-hydrogen) atoms. The van der Waals surface area contributed by atoms with Gasteiger partial charge >= 0.3 is 0 Å². The number of aromatic nitrogens is 1. The average molecular weight is 272 g/mol. The van der Waals surface area contributed by atoms with Crippen LogP contribution >= 0.6 is 11.6 Å². The van der Waals surface area contributed by atoms with Gasteiger partial charge in [-0.2, -0.15) is 0 Å². The van der Waals surface area contributed by atoms with Gasteiger partial charge in [0.1, 0.15) is 0 Å². The Hall–Kier alpha value is -2.09. The van der Waals surface area contributed by atoms with E-state index in [1.807, 2.05) is 5.43 Å². The van der Waals surface area contributed by atoms with Gasteiger partial charge in [0.15, 0.2) is 15.9 Å². The van der Waals surface area contributed by atoms with Crippen molar-refractivity contribution in [2.24, 2.45) is 4.99 Å². The van der Waals surface area contributed by atoms with Gasteiger partial charge in [0.05, 0.1) is 6.54 Å². The van der Waals surface area contributed by atoms with Crippen LogP contribution in [0.2, 0.25) is 5.15 Å². The molecule has 1 aromatic heterocycles. The number of nitro groups is 1. The normalized spacial score (nSPS) is 14.5. The second kappa shape index (κ2) is 5.05. The van der Waals surface area contributed by atoms with E-state index in [1.165, 1.54) is 12.3 Å². The molecular formula is C9H10ClN5O3. The highest BCUT2D eigenvalue weighted by molar-refractivity contribution is 6.30. The van der Waals surface area contributed by atoms with E-state index in [9.17, 15) is 15.2 Å². The predicted molar refractivity (Wildman–Crippen MR) is 63.8 cm³/mol. The van der Waals surface area contributed by atoms with Gasteiger partial charge < -0.3 is 10.0 Å². The van der Waals surface area contributed by atoms with Crippen LogP contribution in [-0.2, 0) is 6.54 Å². The van der Waals surface area contributed by atoms with Crippen molar-refractivity contribution < 1.29 is 10.1 Å². The fourth-order valence-corrected chi connectivity index (χ4v) is 1.71. The van der Waals surface area contributed by atoms with E-state index >= 15 is 0 Å². The van der Waals surface area contributed by atoms with Gasteiger partial charge in [-0.05, 0) is 11.6 Å². The molecular weight excluding hydrogens is 262 g/mol. The zero-order chi connectivity index (χ0) is 13.1. The van der Waals surface area contributed by atoms with Crippen LogP contribution in [0.5, 0.6) is 5.75 Å². The molecule has 0 saturated heterocycles. The number of hydrogen-bond acceptors (Lipinski definition) is 6. The minimum absolute atomic E-state index is 0.0254. The summed E-state index contributed by atoms with van der Waals surface area (Å²) in [6, 6.07) is 1.47. The maximum Gasteiger partial charge on any atom is 0.257 e. The molecule has 0 unspecified atom stereocenters. The molecule has 0 radical (unpaired) electrons. The number of aliphatic imine (C=N–C) groups is 1. The topological polar surface area (TPSA) is 104 Å². The maximum atomic E-state index is 10.4. The summed E-state index contributed by atoms with van der Waals surface area (Å²) < 4.78 is 0. The highest BCUT2D eigenvalue weighted by Gasteiger charge is 2.21. The van der Waals surface area contributed by atoms with Crippen LogP contribution < -0.4 is 5.43 Å². The van der Waals surface area contributed by atoms with Crippen molar-refractivity contribution in [1.82, 2.24) is 15.3 Å². The van der Waals surface area contributed by atoms with E-state index in [0.29, 0.717) is 25.2 Å². The molecule has 0 aliphatic carbocycles. The molecule has 0 amide bonds. The fraction of sp³-hybridized carbons (Fsp3) is 0.333. The molecule has 0 fully saturated rings. The zero-order valence-electron chi connectivity index (χ0n) is 9.21. The molecule has 2 rings (SSSR count). The number of halogens is 1. The smallest absolute Gasteiger partial charge is 0.257 e. The third-order valence-corrected chi connectivity index (χ3v) is 2.66. The predicted octanol–water partition coefficient (Wildman–Crippen LogP) is 0.393. The van der Waals surface area contributed by atoms with Gasteiger partial charge in [-0.25, -0.2) is 20.1 Å². The molecule has 1 aliphatic rings. The molecule has 2 heterocycles. The Morgan fingerprint density at radius 1 is 1.67 bits per heavy atom. The largest absolute Gasteiger partial charge is 0.505 e. The highest BCUT2D eigenvalue weighted by Crippen LogP contribution is 2.21. The Balaban J connectivity index is 2.07. The number of pyridine rings is 1. The Kier molecular flexibility index (Phi) is 3.47. The van der Waals surface area contributed by atoms with Crippen molar-refractivity contribution >= 4 is 17.6 Å². The van der Waals surface area contributed by atoms with E-state index in [4.69, 9.17) is 11.6 Å². The Morgan fingerprint density at radius 2 is 2.44 bits per heavy atom. The number of hydrazine groups is 1. The molecule has 0 atom stereocenters. The molecule has 0 spiro atoms. The molecule has 0 bridgehead atoms. The highest BCUT2D eigenvalue weighted by atomic mass is 35.5. The van der Waals surface area contributed by atoms with Crippen molar-refractivity contribution in [1.29, 1.82) is 0 Å². The van der Waals surface area contributed by atoms with Crippen molar-refractivity contribution in [3.05, 3.63) is 33.1 Å². The van der Waals surface area contributed by atoms with Crippen LogP contribution in [0.15, 0.2) is 17.3 Å². The van der Waals surface area contributed by atoms with Gasteiger partial charge in [0.25, 0.3) is 5.96 Å². The van der Waals surface area contributed by atoms with Crippen molar-refractivity contribution in [3.63, 3.8) is 0 Å². The van der Waals surface area contributed by atoms with Gasteiger partial charge in [-0.1, -0.05) is 17.0 Å². The molecule has 9 heteroatoms. The Labute approximate surface area is 107 Å². The number of nitrogens with one attached hydrogen (secondary N) is 1. The number of rotatable bonds is 3. The van der Waals surface area contributed by atoms with E-state index in [-0.39, 0.29) is 16.9 Å². The Bertz CT molecular complexity index is 507. The third-order valence-electron chi connectivity index (χ3n) is 2.37. The summed E-state index contributed by atoms with van der Waals surface area (Å²) in [7, 11) is 0. The minimum Gasteiger partial charge on any atom is -0.505 e. The Morgan fingerprint density at radius 3 is 3.11 bits per heavy atom. The summed E-state index contributed by atoms with van der Waals surface area (Å²) in [5.41, 5.74) is 2.72. The van der Waals surface area contributed by atoms with E-state index in [2.05, 4.69) is 9.98 Å². The molecule has 2 N–H and O–H groups in total. The monoisotopic (exact) mass is 271 g/mol. The summed E-state index contributed by atoms with van der Waals surface area (Å²) in [5.74, 6) is 0.0866. The number of hydrogen-bond donors (Lipinski definition) is 2. The summed E-state index contributed by atoms with van der Waals surface area (Å²) in [5, 5.41) is 19.2. The number of aromatic hydroxyl groups is 1. The SMILES string of the molecule is O=[N+]([O-])NC1=NCCN1Cc1cnc(Cl)c(O)c1.